The van der Waals surface area contributed by atoms with Crippen LogP contribution in [-0.2, 0) is 27.8 Å². The molecule has 1 amide bonds. The lowest BCUT2D eigenvalue weighted by Gasteiger charge is -2.15. The maximum absolute atomic E-state index is 12.4. The summed E-state index contributed by atoms with van der Waals surface area (Å²) in [4.78, 5) is 12.5. The van der Waals surface area contributed by atoms with Crippen LogP contribution >= 0.6 is 0 Å². The summed E-state index contributed by atoms with van der Waals surface area (Å²) in [7, 11) is -0.625. The van der Waals surface area contributed by atoms with Gasteiger partial charge in [0.15, 0.2) is 0 Å². The van der Waals surface area contributed by atoms with Gasteiger partial charge in [-0.25, -0.2) is 17.4 Å². The van der Waals surface area contributed by atoms with Gasteiger partial charge < -0.3 is 5.32 Å². The molecule has 0 unspecified atom stereocenters. The molecule has 1 aromatic heterocycles. The van der Waals surface area contributed by atoms with Gasteiger partial charge in [0.2, 0.25) is 15.9 Å². The van der Waals surface area contributed by atoms with Crippen LogP contribution in [0.1, 0.15) is 11.1 Å². The molecule has 1 N–H and O–H groups in total. The molecule has 3 aromatic rings. The molecule has 0 saturated carbocycles. The molecule has 0 spiro atoms. The SMILES string of the molecule is CN(C)S(=O)(=O)c1ccccc1CNC(=O)Cc1ccc(-n2cnnn2)cc1. The van der Waals surface area contributed by atoms with Gasteiger partial charge in [-0.3, -0.25) is 4.79 Å². The number of tetrazole rings is 1. The van der Waals surface area contributed by atoms with E-state index in [9.17, 15) is 13.2 Å². The Balaban J connectivity index is 1.64. The third kappa shape index (κ3) is 4.41. The van der Waals surface area contributed by atoms with Gasteiger partial charge in [-0.2, -0.15) is 0 Å². The number of benzene rings is 2. The Bertz CT molecular complexity index is 1050. The first kappa shape index (κ1) is 19.6. The Hall–Kier alpha value is -3.11. The first-order chi connectivity index (χ1) is 13.4. The van der Waals surface area contributed by atoms with Crippen molar-refractivity contribution in [3.63, 3.8) is 0 Å². The van der Waals surface area contributed by atoms with E-state index in [-0.39, 0.29) is 23.8 Å². The van der Waals surface area contributed by atoms with Crippen LogP contribution < -0.4 is 5.32 Å². The van der Waals surface area contributed by atoms with Crippen LogP contribution in [0.5, 0.6) is 0 Å². The van der Waals surface area contributed by atoms with Crippen molar-refractivity contribution in [3.8, 4) is 5.69 Å². The molecule has 10 heteroatoms. The van der Waals surface area contributed by atoms with Crippen molar-refractivity contribution in [3.05, 3.63) is 66.0 Å². The highest BCUT2D eigenvalue weighted by Gasteiger charge is 2.20. The van der Waals surface area contributed by atoms with E-state index in [4.69, 9.17) is 0 Å². The fraction of sp³-hybridized carbons (Fsp3) is 0.222. The molecule has 0 aliphatic rings. The minimum Gasteiger partial charge on any atom is -0.352 e. The van der Waals surface area contributed by atoms with Crippen molar-refractivity contribution >= 4 is 15.9 Å². The largest absolute Gasteiger partial charge is 0.352 e. The molecule has 28 heavy (non-hydrogen) atoms. The number of nitrogens with one attached hydrogen (secondary N) is 1. The van der Waals surface area contributed by atoms with Crippen LogP contribution in [0.15, 0.2) is 59.8 Å². The first-order valence-corrected chi connectivity index (χ1v) is 9.91. The number of nitrogens with zero attached hydrogens (tertiary/aromatic N) is 5. The Morgan fingerprint density at radius 3 is 2.46 bits per heavy atom. The fourth-order valence-electron chi connectivity index (χ4n) is 2.59. The number of carbonyl (C=O) groups excluding carboxylic acids is 1. The summed E-state index contributed by atoms with van der Waals surface area (Å²) in [6.07, 6.45) is 1.67. The van der Waals surface area contributed by atoms with Gasteiger partial charge in [0, 0.05) is 20.6 Å². The van der Waals surface area contributed by atoms with Gasteiger partial charge in [-0.1, -0.05) is 30.3 Å². The minimum atomic E-state index is -3.58. The van der Waals surface area contributed by atoms with Crippen LogP contribution in [0.2, 0.25) is 0 Å². The summed E-state index contributed by atoms with van der Waals surface area (Å²) < 4.78 is 27.5. The topological polar surface area (TPSA) is 110 Å². The second kappa shape index (κ2) is 8.28. The molecule has 2 aromatic carbocycles. The van der Waals surface area contributed by atoms with E-state index in [1.807, 2.05) is 24.3 Å². The third-order valence-corrected chi connectivity index (χ3v) is 6.04. The maximum Gasteiger partial charge on any atom is 0.242 e. The summed E-state index contributed by atoms with van der Waals surface area (Å²) in [5.74, 6) is -0.202. The van der Waals surface area contributed by atoms with Crippen LogP contribution in [0.25, 0.3) is 5.69 Å². The normalized spacial score (nSPS) is 11.5. The number of amides is 1. The standard InChI is InChI=1S/C18H20N6O3S/c1-23(2)28(26,27)17-6-4-3-5-15(17)12-19-18(25)11-14-7-9-16(10-8-14)24-13-20-21-22-24/h3-10,13H,11-12H2,1-2H3,(H,19,25). The van der Waals surface area contributed by atoms with Gasteiger partial charge >= 0.3 is 0 Å². The average molecular weight is 400 g/mol. The molecular formula is C18H20N6O3S. The zero-order chi connectivity index (χ0) is 20.1. The summed E-state index contributed by atoms with van der Waals surface area (Å²) >= 11 is 0. The highest BCUT2D eigenvalue weighted by molar-refractivity contribution is 7.89. The number of rotatable bonds is 7. The van der Waals surface area contributed by atoms with Gasteiger partial charge in [0.25, 0.3) is 0 Å². The molecule has 0 bridgehead atoms. The Morgan fingerprint density at radius 2 is 1.82 bits per heavy atom. The van der Waals surface area contributed by atoms with E-state index < -0.39 is 10.0 Å². The third-order valence-electron chi connectivity index (χ3n) is 4.12. The van der Waals surface area contributed by atoms with Crippen molar-refractivity contribution in [2.45, 2.75) is 17.9 Å². The van der Waals surface area contributed by atoms with Crippen LogP contribution in [0.4, 0.5) is 0 Å². The molecule has 9 nitrogen and oxygen atoms in total. The maximum atomic E-state index is 12.4. The lowest BCUT2D eigenvalue weighted by molar-refractivity contribution is -0.120. The van der Waals surface area contributed by atoms with E-state index in [0.717, 1.165) is 15.6 Å². The van der Waals surface area contributed by atoms with Crippen LogP contribution in [0, 0.1) is 0 Å². The second-order valence-electron chi connectivity index (χ2n) is 6.27. The zero-order valence-corrected chi connectivity index (χ0v) is 16.3. The van der Waals surface area contributed by atoms with E-state index in [0.29, 0.717) is 5.56 Å². The molecular weight excluding hydrogens is 380 g/mol. The Kier molecular flexibility index (Phi) is 5.81. The number of hydrogen-bond donors (Lipinski definition) is 1. The summed E-state index contributed by atoms with van der Waals surface area (Å²) in [6.45, 7) is 0.130. The van der Waals surface area contributed by atoms with Crippen LogP contribution in [-0.4, -0.2) is 52.9 Å². The smallest absolute Gasteiger partial charge is 0.242 e. The Labute approximate surface area is 163 Å². The molecule has 3 rings (SSSR count). The van der Waals surface area contributed by atoms with Crippen molar-refractivity contribution in [1.29, 1.82) is 0 Å². The van der Waals surface area contributed by atoms with E-state index in [1.165, 1.54) is 31.2 Å². The van der Waals surface area contributed by atoms with Gasteiger partial charge in [0.1, 0.15) is 6.33 Å². The van der Waals surface area contributed by atoms with Crippen molar-refractivity contribution in [2.75, 3.05) is 14.1 Å². The monoisotopic (exact) mass is 400 g/mol. The molecule has 0 saturated heterocycles. The highest BCUT2D eigenvalue weighted by atomic mass is 32.2. The van der Waals surface area contributed by atoms with E-state index in [1.54, 1.807) is 18.2 Å². The number of aromatic nitrogens is 4. The van der Waals surface area contributed by atoms with Crippen LogP contribution in [0.3, 0.4) is 0 Å². The Morgan fingerprint density at radius 1 is 1.11 bits per heavy atom. The average Bonchev–Trinajstić information content (AvgIpc) is 3.22. The molecule has 1 heterocycles. The van der Waals surface area contributed by atoms with Gasteiger partial charge in [0.05, 0.1) is 17.0 Å². The summed E-state index contributed by atoms with van der Waals surface area (Å²) in [5, 5.41) is 13.7. The zero-order valence-electron chi connectivity index (χ0n) is 15.5. The molecule has 146 valence electrons. The molecule has 0 aliphatic carbocycles. The fourth-order valence-corrected chi connectivity index (χ4v) is 3.70. The first-order valence-electron chi connectivity index (χ1n) is 8.47. The summed E-state index contributed by atoms with van der Waals surface area (Å²) in [5.41, 5.74) is 2.15. The molecule has 0 radical (unpaired) electrons. The summed E-state index contributed by atoms with van der Waals surface area (Å²) in [6, 6.07) is 13.9. The number of sulfonamides is 1. The highest BCUT2D eigenvalue weighted by Crippen LogP contribution is 2.18. The van der Waals surface area contributed by atoms with Crippen molar-refractivity contribution < 1.29 is 13.2 Å². The number of carbonyl (C=O) groups is 1. The molecule has 0 atom stereocenters. The van der Waals surface area contributed by atoms with Gasteiger partial charge in [-0.15, -0.1) is 5.10 Å². The molecule has 0 fully saturated rings. The van der Waals surface area contributed by atoms with E-state index in [2.05, 4.69) is 20.8 Å². The van der Waals surface area contributed by atoms with E-state index >= 15 is 0 Å². The molecule has 0 aliphatic heterocycles. The van der Waals surface area contributed by atoms with Crippen molar-refractivity contribution in [1.82, 2.24) is 29.8 Å². The van der Waals surface area contributed by atoms with Gasteiger partial charge in [-0.05, 0) is 39.8 Å². The second-order valence-corrected chi connectivity index (χ2v) is 8.39. The lowest BCUT2D eigenvalue weighted by Crippen LogP contribution is -2.27. The predicted octanol–water partition coefficient (Wildman–Crippen LogP) is 0.771. The number of hydrogen-bond acceptors (Lipinski definition) is 6. The lowest BCUT2D eigenvalue weighted by atomic mass is 10.1. The predicted molar refractivity (Wildman–Crippen MR) is 102 cm³/mol. The van der Waals surface area contributed by atoms with Crippen molar-refractivity contribution in [2.24, 2.45) is 0 Å². The quantitative estimate of drug-likeness (QED) is 0.627. The minimum absolute atomic E-state index is 0.130.